The monoisotopic (exact) mass is 394 g/mol. The average molecular weight is 395 g/mol. The van der Waals surface area contributed by atoms with Crippen LogP contribution in [0.3, 0.4) is 0 Å². The van der Waals surface area contributed by atoms with E-state index in [9.17, 15) is 9.18 Å². The summed E-state index contributed by atoms with van der Waals surface area (Å²) in [4.78, 5) is 18.6. The molecule has 1 fully saturated rings. The lowest BCUT2D eigenvalue weighted by Crippen LogP contribution is -3.15. The number of carbonyl (C=O) groups is 1. The van der Waals surface area contributed by atoms with Crippen LogP contribution < -0.4 is 14.7 Å². The molecule has 0 saturated carbocycles. The number of likely N-dealkylation sites (N-methyl/N-ethyl adjacent to an activating group) is 1. The van der Waals surface area contributed by atoms with Gasteiger partial charge in [0.05, 0.1) is 26.2 Å². The molecular formula is C24H29FN3O+. The molecule has 4 rings (SSSR count). The Morgan fingerprint density at radius 3 is 2.41 bits per heavy atom. The fourth-order valence-corrected chi connectivity index (χ4v) is 4.62. The standard InChI is InChI=1S/C24H28FN3O/c1-24(2)21-6-4-5-7-22(21)26(3)23(24)16-20(29)17-27-12-14-28(15-13-27)19-10-8-18(25)9-11-19/h4-11,16H,12-15,17H2,1-3H3/p+1/b23-16+. The first-order valence-electron chi connectivity index (χ1n) is 10.3. The molecule has 0 amide bonds. The van der Waals surface area contributed by atoms with Gasteiger partial charge < -0.3 is 14.7 Å². The predicted octanol–water partition coefficient (Wildman–Crippen LogP) is 2.41. The molecule has 0 unspecified atom stereocenters. The number of nitrogens with zero attached hydrogens (tertiary/aromatic N) is 2. The van der Waals surface area contributed by atoms with Gasteiger partial charge in [0, 0.05) is 35.6 Å². The summed E-state index contributed by atoms with van der Waals surface area (Å²) in [5, 5.41) is 0. The zero-order valence-electron chi connectivity index (χ0n) is 17.4. The van der Waals surface area contributed by atoms with Crippen molar-refractivity contribution in [2.24, 2.45) is 0 Å². The first-order valence-corrected chi connectivity index (χ1v) is 10.3. The second-order valence-electron chi connectivity index (χ2n) is 8.59. The minimum Gasteiger partial charge on any atom is -0.360 e. The van der Waals surface area contributed by atoms with E-state index in [1.807, 2.05) is 31.3 Å². The zero-order chi connectivity index (χ0) is 20.6. The van der Waals surface area contributed by atoms with Crippen molar-refractivity contribution in [2.45, 2.75) is 19.3 Å². The van der Waals surface area contributed by atoms with E-state index in [1.165, 1.54) is 28.3 Å². The van der Waals surface area contributed by atoms with Crippen LogP contribution in [0.4, 0.5) is 15.8 Å². The number of rotatable bonds is 4. The van der Waals surface area contributed by atoms with Gasteiger partial charge in [-0.1, -0.05) is 32.0 Å². The molecule has 0 bridgehead atoms. The summed E-state index contributed by atoms with van der Waals surface area (Å²) in [7, 11) is 2.04. The van der Waals surface area contributed by atoms with Gasteiger partial charge in [0.2, 0.25) is 5.78 Å². The summed E-state index contributed by atoms with van der Waals surface area (Å²) >= 11 is 0. The molecule has 29 heavy (non-hydrogen) atoms. The highest BCUT2D eigenvalue weighted by Crippen LogP contribution is 2.46. The van der Waals surface area contributed by atoms with Gasteiger partial charge in [-0.05, 0) is 35.9 Å². The second kappa shape index (κ2) is 7.64. The molecule has 1 N–H and O–H groups in total. The number of allylic oxidation sites excluding steroid dienone is 1. The highest BCUT2D eigenvalue weighted by atomic mass is 19.1. The number of hydrogen-bond donors (Lipinski definition) is 1. The summed E-state index contributed by atoms with van der Waals surface area (Å²) < 4.78 is 13.1. The highest BCUT2D eigenvalue weighted by Gasteiger charge is 2.38. The number of para-hydroxylation sites is 1. The minimum absolute atomic E-state index is 0.169. The maximum absolute atomic E-state index is 13.1. The van der Waals surface area contributed by atoms with E-state index in [0.29, 0.717) is 6.54 Å². The fourth-order valence-electron chi connectivity index (χ4n) is 4.62. The Bertz CT molecular complexity index is 927. The SMILES string of the molecule is CN1/C(=C/C(=O)C[NH+]2CCN(c3ccc(F)cc3)CC2)C(C)(C)c2ccccc21. The van der Waals surface area contributed by atoms with Crippen LogP contribution in [0.2, 0.25) is 0 Å². The van der Waals surface area contributed by atoms with Crippen LogP contribution in [-0.4, -0.2) is 45.6 Å². The quantitative estimate of drug-likeness (QED) is 0.808. The van der Waals surface area contributed by atoms with Gasteiger partial charge in [-0.25, -0.2) is 4.39 Å². The topological polar surface area (TPSA) is 28.0 Å². The molecule has 2 aromatic rings. The third kappa shape index (κ3) is 3.79. The Morgan fingerprint density at radius 2 is 1.76 bits per heavy atom. The molecule has 2 heterocycles. The first kappa shape index (κ1) is 19.6. The van der Waals surface area contributed by atoms with Crippen molar-refractivity contribution >= 4 is 17.2 Å². The van der Waals surface area contributed by atoms with Crippen LogP contribution >= 0.6 is 0 Å². The lowest BCUT2D eigenvalue weighted by molar-refractivity contribution is -0.892. The largest absolute Gasteiger partial charge is 0.360 e. The zero-order valence-corrected chi connectivity index (χ0v) is 17.4. The maximum atomic E-state index is 13.1. The molecular weight excluding hydrogens is 365 g/mol. The van der Waals surface area contributed by atoms with Crippen LogP contribution in [0, 0.1) is 5.82 Å². The van der Waals surface area contributed by atoms with E-state index in [-0.39, 0.29) is 17.0 Å². The number of fused-ring (bicyclic) bond motifs is 1. The van der Waals surface area contributed by atoms with E-state index in [1.54, 1.807) is 0 Å². The summed E-state index contributed by atoms with van der Waals surface area (Å²) in [5.41, 5.74) is 4.38. The second-order valence-corrected chi connectivity index (χ2v) is 8.59. The van der Waals surface area contributed by atoms with Crippen molar-refractivity contribution < 1.29 is 14.1 Å². The first-order chi connectivity index (χ1) is 13.9. The van der Waals surface area contributed by atoms with Crippen molar-refractivity contribution in [1.29, 1.82) is 0 Å². The normalized spacial score (nSPS) is 20.2. The molecule has 1 saturated heterocycles. The van der Waals surface area contributed by atoms with Crippen molar-refractivity contribution in [3.8, 4) is 0 Å². The van der Waals surface area contributed by atoms with Crippen molar-refractivity contribution in [2.75, 3.05) is 49.6 Å². The number of hydrogen-bond acceptors (Lipinski definition) is 3. The molecule has 152 valence electrons. The maximum Gasteiger partial charge on any atom is 0.211 e. The van der Waals surface area contributed by atoms with E-state index < -0.39 is 0 Å². The Kier molecular flexibility index (Phi) is 5.17. The van der Waals surface area contributed by atoms with Gasteiger partial charge in [-0.2, -0.15) is 0 Å². The summed E-state index contributed by atoms with van der Waals surface area (Å²) in [6.07, 6.45) is 1.85. The molecule has 0 aliphatic carbocycles. The number of nitrogens with one attached hydrogen (secondary N) is 1. The van der Waals surface area contributed by atoms with Gasteiger partial charge in [0.1, 0.15) is 12.4 Å². The van der Waals surface area contributed by atoms with Crippen LogP contribution in [0.5, 0.6) is 0 Å². The molecule has 2 aromatic carbocycles. The molecule has 2 aliphatic heterocycles. The number of halogens is 1. The number of quaternary nitrogens is 1. The number of carbonyl (C=O) groups excluding carboxylic acids is 1. The van der Waals surface area contributed by atoms with Crippen LogP contribution in [0.1, 0.15) is 19.4 Å². The third-order valence-electron chi connectivity index (χ3n) is 6.32. The molecule has 2 aliphatic rings. The fraction of sp³-hybridized carbons (Fsp3) is 0.375. The average Bonchev–Trinajstić information content (AvgIpc) is 2.90. The third-order valence-corrected chi connectivity index (χ3v) is 6.32. The highest BCUT2D eigenvalue weighted by molar-refractivity contribution is 5.93. The van der Waals surface area contributed by atoms with Gasteiger partial charge in [-0.3, -0.25) is 4.79 Å². The van der Waals surface area contributed by atoms with Crippen LogP contribution in [0.15, 0.2) is 60.3 Å². The van der Waals surface area contributed by atoms with E-state index >= 15 is 0 Å². The van der Waals surface area contributed by atoms with Crippen molar-refractivity contribution in [1.82, 2.24) is 0 Å². The summed E-state index contributed by atoms with van der Waals surface area (Å²) in [5.74, 6) is -0.0310. The summed E-state index contributed by atoms with van der Waals surface area (Å²) in [6, 6.07) is 15.0. The van der Waals surface area contributed by atoms with E-state index in [2.05, 4.69) is 41.8 Å². The number of piperazine rings is 1. The molecule has 0 spiro atoms. The molecule has 5 heteroatoms. The molecule has 0 atom stereocenters. The van der Waals surface area contributed by atoms with E-state index in [4.69, 9.17) is 0 Å². The molecule has 0 radical (unpaired) electrons. The Morgan fingerprint density at radius 1 is 1.10 bits per heavy atom. The lowest BCUT2D eigenvalue weighted by Gasteiger charge is -2.33. The Labute approximate surface area is 172 Å². The molecule has 4 nitrogen and oxygen atoms in total. The number of benzene rings is 2. The number of anilines is 2. The van der Waals surface area contributed by atoms with Crippen LogP contribution in [-0.2, 0) is 10.2 Å². The van der Waals surface area contributed by atoms with Crippen LogP contribution in [0.25, 0.3) is 0 Å². The summed E-state index contributed by atoms with van der Waals surface area (Å²) in [6.45, 7) is 8.45. The van der Waals surface area contributed by atoms with Crippen molar-refractivity contribution in [3.05, 3.63) is 71.7 Å². The number of ketones is 1. The van der Waals surface area contributed by atoms with Gasteiger partial charge >= 0.3 is 0 Å². The molecule has 0 aromatic heterocycles. The van der Waals surface area contributed by atoms with Crippen molar-refractivity contribution in [3.63, 3.8) is 0 Å². The Hall–Kier alpha value is -2.66. The van der Waals surface area contributed by atoms with Gasteiger partial charge in [0.25, 0.3) is 0 Å². The van der Waals surface area contributed by atoms with Gasteiger partial charge in [-0.15, -0.1) is 0 Å². The minimum atomic E-state index is -0.210. The Balaban J connectivity index is 1.39. The van der Waals surface area contributed by atoms with Gasteiger partial charge in [0.15, 0.2) is 0 Å². The smallest absolute Gasteiger partial charge is 0.211 e. The lowest BCUT2D eigenvalue weighted by atomic mass is 9.83. The van der Waals surface area contributed by atoms with E-state index in [0.717, 1.165) is 37.6 Å². The predicted molar refractivity (Wildman–Crippen MR) is 115 cm³/mol.